The summed E-state index contributed by atoms with van der Waals surface area (Å²) in [5, 5.41) is 0. The molecule has 2 heteroatoms. The van der Waals surface area contributed by atoms with Crippen LogP contribution < -0.4 is 0 Å². The van der Waals surface area contributed by atoms with Gasteiger partial charge in [-0.2, -0.15) is 0 Å². The highest BCUT2D eigenvalue weighted by Gasteiger charge is 2.56. The molecule has 0 aromatic heterocycles. The van der Waals surface area contributed by atoms with Gasteiger partial charge < -0.3 is 4.90 Å². The van der Waals surface area contributed by atoms with Gasteiger partial charge in [-0.05, 0) is 140 Å². The van der Waals surface area contributed by atoms with Crippen molar-refractivity contribution in [1.82, 2.24) is 4.90 Å². The minimum atomic E-state index is -0.132. The van der Waals surface area contributed by atoms with Crippen molar-refractivity contribution in [3.8, 4) is 0 Å². The molecule has 2 aromatic rings. The molecule has 0 amide bonds. The van der Waals surface area contributed by atoms with E-state index in [0.717, 1.165) is 17.4 Å². The Bertz CT molecular complexity index is 2030. The molecular formula is C52H59NSi. The van der Waals surface area contributed by atoms with Crippen LogP contribution in [0.25, 0.3) is 12.2 Å². The quantitative estimate of drug-likeness (QED) is 0.203. The average molecular weight is 726 g/mol. The van der Waals surface area contributed by atoms with Crippen LogP contribution in [0.1, 0.15) is 92.0 Å². The van der Waals surface area contributed by atoms with E-state index >= 15 is 0 Å². The molecule has 9 atom stereocenters. The van der Waals surface area contributed by atoms with E-state index in [2.05, 4.69) is 145 Å². The highest BCUT2D eigenvalue weighted by molar-refractivity contribution is 6.35. The number of nitrogens with zero attached hydrogens (tertiary/aromatic N) is 1. The second-order valence-corrected chi connectivity index (χ2v) is 19.6. The highest BCUT2D eigenvalue weighted by atomic mass is 28.2. The summed E-state index contributed by atoms with van der Waals surface area (Å²) in [4.78, 5) is 3.04. The molecule has 0 heterocycles. The van der Waals surface area contributed by atoms with Gasteiger partial charge in [-0.3, -0.25) is 0 Å². The maximum atomic E-state index is 3.04. The molecule has 54 heavy (non-hydrogen) atoms. The predicted molar refractivity (Wildman–Crippen MR) is 232 cm³/mol. The molecule has 0 N–H and O–H groups in total. The second kappa shape index (κ2) is 14.6. The maximum absolute atomic E-state index is 3.04. The van der Waals surface area contributed by atoms with Crippen LogP contribution in [0.5, 0.6) is 0 Å². The van der Waals surface area contributed by atoms with E-state index in [1.54, 1.807) is 28.0 Å². The van der Waals surface area contributed by atoms with Crippen molar-refractivity contribution < 1.29 is 0 Å². The zero-order valence-corrected chi connectivity index (χ0v) is 33.9. The minimum Gasteiger partial charge on any atom is -0.365 e. The van der Waals surface area contributed by atoms with Crippen molar-refractivity contribution in [2.45, 2.75) is 107 Å². The molecule has 8 aliphatic carbocycles. The number of hydrogen-bond donors (Lipinski definition) is 0. The lowest BCUT2D eigenvalue weighted by Gasteiger charge is -2.50. The average Bonchev–Trinajstić information content (AvgIpc) is 3.55. The molecule has 0 saturated heterocycles. The van der Waals surface area contributed by atoms with Gasteiger partial charge in [0.2, 0.25) is 0 Å². The van der Waals surface area contributed by atoms with Crippen molar-refractivity contribution in [3.63, 3.8) is 0 Å². The standard InChI is InChI=1S/C52H59NSi/c1-54-51-35-43(31-33-46(51)36-14-4-2-5-15-36)53(42-30-32-45-38(34-42)25-24-37-16-8-9-19-44(37)45)41-28-26-40(27-29-41)52(39-17-6-3-7-18-39)49-22-12-10-20-47(49)48-21-11-13-23-50(48)52/h2-8,10,12-14,16-18,20,22-26,28,34,36,40-41,43,46-47,49,51H,9,11,15,19,21,27,29-33,35,54H2,1H3. The van der Waals surface area contributed by atoms with Gasteiger partial charge in [0.15, 0.2) is 0 Å². The molecule has 276 valence electrons. The van der Waals surface area contributed by atoms with E-state index in [1.807, 2.05) is 0 Å². The summed E-state index contributed by atoms with van der Waals surface area (Å²) in [5.41, 5.74) is 13.6. The third-order valence-corrected chi connectivity index (χ3v) is 17.4. The summed E-state index contributed by atoms with van der Waals surface area (Å²) in [6.07, 6.45) is 52.3. The summed E-state index contributed by atoms with van der Waals surface area (Å²) in [5.74, 6) is 3.10. The Morgan fingerprint density at radius 2 is 1.54 bits per heavy atom. The Labute approximate surface area is 327 Å². The lowest BCUT2D eigenvalue weighted by molar-refractivity contribution is 0.117. The van der Waals surface area contributed by atoms with E-state index in [9.17, 15) is 0 Å². The summed E-state index contributed by atoms with van der Waals surface area (Å²) >= 11 is 0. The molecule has 10 rings (SSSR count). The van der Waals surface area contributed by atoms with Crippen molar-refractivity contribution in [2.75, 3.05) is 0 Å². The first-order valence-corrected chi connectivity index (χ1v) is 24.1. The van der Waals surface area contributed by atoms with Gasteiger partial charge in [0, 0.05) is 44.6 Å². The van der Waals surface area contributed by atoms with E-state index in [-0.39, 0.29) is 14.9 Å². The van der Waals surface area contributed by atoms with E-state index in [1.165, 1.54) is 93.7 Å². The number of hydrogen-bond acceptors (Lipinski definition) is 1. The van der Waals surface area contributed by atoms with Crippen LogP contribution in [-0.4, -0.2) is 26.5 Å². The fourth-order valence-corrected chi connectivity index (χ4v) is 15.0. The Morgan fingerprint density at radius 3 is 2.39 bits per heavy atom. The monoisotopic (exact) mass is 725 g/mol. The Morgan fingerprint density at radius 1 is 0.704 bits per heavy atom. The summed E-state index contributed by atoms with van der Waals surface area (Å²) < 4.78 is 0. The normalized spacial score (nSPS) is 34.9. The lowest BCUT2D eigenvalue weighted by Crippen LogP contribution is -2.48. The third kappa shape index (κ3) is 5.77. The molecule has 0 spiro atoms. The summed E-state index contributed by atoms with van der Waals surface area (Å²) in [6.45, 7) is 2.61. The molecule has 8 aliphatic rings. The fourth-order valence-electron chi connectivity index (χ4n) is 13.1. The van der Waals surface area contributed by atoms with Gasteiger partial charge >= 0.3 is 0 Å². The first-order valence-electron chi connectivity index (χ1n) is 21.9. The number of allylic oxidation sites excluding steroid dienone is 15. The van der Waals surface area contributed by atoms with Crippen molar-refractivity contribution in [3.05, 3.63) is 166 Å². The van der Waals surface area contributed by atoms with E-state index in [0.29, 0.717) is 29.8 Å². The molecule has 0 aliphatic heterocycles. The van der Waals surface area contributed by atoms with Crippen LogP contribution >= 0.6 is 0 Å². The molecule has 2 aromatic carbocycles. The Kier molecular flexibility index (Phi) is 9.38. The van der Waals surface area contributed by atoms with Crippen LogP contribution in [0.2, 0.25) is 12.1 Å². The third-order valence-electron chi connectivity index (χ3n) is 15.4. The second-order valence-electron chi connectivity index (χ2n) is 17.8. The molecule has 1 fully saturated rings. The molecule has 1 nitrogen and oxygen atoms in total. The topological polar surface area (TPSA) is 3.24 Å². The summed E-state index contributed by atoms with van der Waals surface area (Å²) in [7, 11) is -0.132. The SMILES string of the molecule is C[SiH2]C1CC(N(C2=Cc3ccc4c(c3CC2)CCC=C4)C2C=CC(C3(c4ccccc4)C4=C(CCC=C4)C4C=CC=CC43)CC2)CCC1C1C=CC=CC1. The van der Waals surface area contributed by atoms with Crippen molar-refractivity contribution >= 4 is 21.7 Å². The zero-order valence-electron chi connectivity index (χ0n) is 32.5. The molecular weight excluding hydrogens is 667 g/mol. The lowest BCUT2D eigenvalue weighted by atomic mass is 9.57. The van der Waals surface area contributed by atoms with Gasteiger partial charge in [0.1, 0.15) is 0 Å². The molecule has 0 radical (unpaired) electrons. The van der Waals surface area contributed by atoms with E-state index in [4.69, 9.17) is 0 Å². The Balaban J connectivity index is 1.02. The van der Waals surface area contributed by atoms with Crippen molar-refractivity contribution in [1.29, 1.82) is 0 Å². The number of benzene rings is 2. The summed E-state index contributed by atoms with van der Waals surface area (Å²) in [6, 6.07) is 17.7. The van der Waals surface area contributed by atoms with Crippen LogP contribution in [0.15, 0.2) is 138 Å². The van der Waals surface area contributed by atoms with Gasteiger partial charge in [0.25, 0.3) is 0 Å². The smallest absolute Gasteiger partial charge is 0.0473 e. The van der Waals surface area contributed by atoms with Gasteiger partial charge in [-0.1, -0.05) is 140 Å². The highest BCUT2D eigenvalue weighted by Crippen LogP contribution is 2.62. The van der Waals surface area contributed by atoms with Crippen LogP contribution in [-0.2, 0) is 18.3 Å². The molecule has 0 bridgehead atoms. The minimum absolute atomic E-state index is 0.0126. The van der Waals surface area contributed by atoms with Crippen LogP contribution in [0, 0.1) is 29.6 Å². The fraction of sp³-hybridized carbons (Fsp3) is 0.423. The number of fused-ring (bicyclic) bond motifs is 5. The largest absolute Gasteiger partial charge is 0.365 e. The number of rotatable bonds is 7. The zero-order chi connectivity index (χ0) is 36.1. The van der Waals surface area contributed by atoms with Crippen LogP contribution in [0.3, 0.4) is 0 Å². The van der Waals surface area contributed by atoms with Gasteiger partial charge in [0.05, 0.1) is 0 Å². The van der Waals surface area contributed by atoms with Gasteiger partial charge in [-0.25, -0.2) is 0 Å². The molecule has 1 saturated carbocycles. The van der Waals surface area contributed by atoms with Crippen LogP contribution in [0.4, 0.5) is 0 Å². The predicted octanol–water partition coefficient (Wildman–Crippen LogP) is 11.8. The van der Waals surface area contributed by atoms with Crippen molar-refractivity contribution in [2.24, 2.45) is 29.6 Å². The maximum Gasteiger partial charge on any atom is 0.0473 e. The van der Waals surface area contributed by atoms with Gasteiger partial charge in [-0.15, -0.1) is 0 Å². The Hall–Kier alpha value is -3.88. The van der Waals surface area contributed by atoms with E-state index < -0.39 is 0 Å². The molecule has 9 unspecified atom stereocenters. The first-order chi connectivity index (χ1) is 26.7. The first kappa shape index (κ1) is 34.6.